The largest absolute Gasteiger partial charge is 0.394 e. The Morgan fingerprint density at radius 2 is 1.71 bits per heavy atom. The third kappa shape index (κ3) is 5.57. The number of carbonyl (C=O) groups excluding carboxylic acids is 3. The normalized spacial score (nSPS) is 27.4. The van der Waals surface area contributed by atoms with Crippen molar-refractivity contribution in [3.63, 3.8) is 0 Å². The number of hydrogen-bond acceptors (Lipinski definition) is 5. The van der Waals surface area contributed by atoms with Crippen molar-refractivity contribution in [2.75, 3.05) is 24.6 Å². The van der Waals surface area contributed by atoms with Crippen molar-refractivity contribution in [3.05, 3.63) is 90.5 Å². The maximum absolute atomic E-state index is 15.0. The number of aliphatic hydroxyl groups excluding tert-OH is 1. The Labute approximate surface area is 274 Å². The van der Waals surface area contributed by atoms with E-state index < -0.39 is 35.6 Å². The number of rotatable bonds is 12. The standard InChI is InChI=1S/C36H44BrN3O5/c1-7-17-38(20-25-15-10-9-11-16-25)33(42)28-29-34(43)40(27(21-41)22(3)4)32(36(29)19-26(37)31(28)45-36)35(44)39(18-8-2)30-23(5)13-12-14-24(30)6/h7-16,22,26-29,31-32,41H,1-2,17-21H2,3-6H3/t26?,27-,28+,29-,31+,32?,36?/m0/s1. The predicted octanol–water partition coefficient (Wildman–Crippen LogP) is 4.80. The summed E-state index contributed by atoms with van der Waals surface area (Å²) < 4.78 is 6.80. The SMILES string of the molecule is C=CCN(Cc1ccccc1)C(=O)[C@H]1[C@@H]2OC3(CC2Br)C(C(=O)N(CC=C)c2c(C)cccc2C)N([C@@H](CO)C(C)C)C(=O)[C@H]13. The third-order valence-electron chi connectivity index (χ3n) is 9.72. The fourth-order valence-corrected chi connectivity index (χ4v) is 8.75. The summed E-state index contributed by atoms with van der Waals surface area (Å²) in [6.07, 6.45) is 3.15. The van der Waals surface area contributed by atoms with Crippen LogP contribution in [0.5, 0.6) is 0 Å². The summed E-state index contributed by atoms with van der Waals surface area (Å²) in [5.41, 5.74) is 2.31. The number of anilines is 1. The number of amides is 3. The molecular formula is C36H44BrN3O5. The van der Waals surface area contributed by atoms with Gasteiger partial charge in [-0.25, -0.2) is 0 Å². The number of aryl methyl sites for hydroxylation is 2. The highest BCUT2D eigenvalue weighted by Gasteiger charge is 2.77. The molecular weight excluding hydrogens is 634 g/mol. The number of halogens is 1. The number of aliphatic hydroxyl groups is 1. The van der Waals surface area contributed by atoms with E-state index in [1.54, 1.807) is 26.9 Å². The molecule has 8 nitrogen and oxygen atoms in total. The zero-order valence-corrected chi connectivity index (χ0v) is 28.2. The van der Waals surface area contributed by atoms with Crippen molar-refractivity contribution in [2.45, 2.75) is 69.3 Å². The number of benzene rings is 2. The molecule has 1 spiro atoms. The van der Waals surface area contributed by atoms with Gasteiger partial charge >= 0.3 is 0 Å². The van der Waals surface area contributed by atoms with E-state index in [4.69, 9.17) is 4.74 Å². The number of nitrogens with zero attached hydrogens (tertiary/aromatic N) is 3. The Morgan fingerprint density at radius 1 is 1.07 bits per heavy atom. The molecule has 3 saturated heterocycles. The van der Waals surface area contributed by atoms with Crippen LogP contribution in [0.3, 0.4) is 0 Å². The van der Waals surface area contributed by atoms with Crippen LogP contribution in [-0.4, -0.2) is 80.9 Å². The van der Waals surface area contributed by atoms with Gasteiger partial charge in [0, 0.05) is 30.1 Å². The van der Waals surface area contributed by atoms with Crippen LogP contribution in [0.2, 0.25) is 0 Å². The molecule has 3 heterocycles. The van der Waals surface area contributed by atoms with Crippen LogP contribution < -0.4 is 4.90 Å². The van der Waals surface area contributed by atoms with Gasteiger partial charge in [0.05, 0.1) is 30.6 Å². The number of ether oxygens (including phenoxy) is 1. The summed E-state index contributed by atoms with van der Waals surface area (Å²) in [4.78, 5) is 49.0. The molecule has 3 fully saturated rings. The van der Waals surface area contributed by atoms with E-state index in [0.29, 0.717) is 19.5 Å². The van der Waals surface area contributed by atoms with Gasteiger partial charge in [-0.1, -0.05) is 90.5 Å². The minimum atomic E-state index is -1.25. The maximum atomic E-state index is 15.0. The maximum Gasteiger partial charge on any atom is 0.253 e. The van der Waals surface area contributed by atoms with Gasteiger partial charge in [0.1, 0.15) is 11.6 Å². The van der Waals surface area contributed by atoms with Crippen molar-refractivity contribution in [1.82, 2.24) is 9.80 Å². The van der Waals surface area contributed by atoms with Crippen molar-refractivity contribution in [2.24, 2.45) is 17.8 Å². The Balaban J connectivity index is 1.62. The molecule has 2 aromatic rings. The van der Waals surface area contributed by atoms with Gasteiger partial charge in [-0.15, -0.1) is 13.2 Å². The second kappa shape index (κ2) is 13.2. The highest BCUT2D eigenvalue weighted by atomic mass is 79.9. The van der Waals surface area contributed by atoms with E-state index in [1.165, 1.54) is 0 Å². The van der Waals surface area contributed by atoms with Gasteiger partial charge in [-0.3, -0.25) is 14.4 Å². The van der Waals surface area contributed by atoms with Crippen molar-refractivity contribution >= 4 is 39.3 Å². The van der Waals surface area contributed by atoms with E-state index in [9.17, 15) is 14.7 Å². The van der Waals surface area contributed by atoms with E-state index >= 15 is 4.79 Å². The Bertz CT molecular complexity index is 1440. The summed E-state index contributed by atoms with van der Waals surface area (Å²) in [6.45, 7) is 16.1. The minimum Gasteiger partial charge on any atom is -0.394 e. The van der Waals surface area contributed by atoms with Crippen LogP contribution in [0.25, 0.3) is 0 Å². The van der Waals surface area contributed by atoms with Crippen LogP contribution in [-0.2, 0) is 25.7 Å². The molecule has 2 aromatic carbocycles. The fourth-order valence-electron chi connectivity index (χ4n) is 7.81. The lowest BCUT2D eigenvalue weighted by molar-refractivity contribution is -0.148. The molecule has 0 aliphatic carbocycles. The molecule has 0 radical (unpaired) electrons. The van der Waals surface area contributed by atoms with Crippen LogP contribution in [0, 0.1) is 31.6 Å². The molecule has 3 amide bonds. The molecule has 9 heteroatoms. The van der Waals surface area contributed by atoms with Crippen LogP contribution in [0.4, 0.5) is 5.69 Å². The quantitative estimate of drug-likeness (QED) is 0.258. The summed E-state index contributed by atoms with van der Waals surface area (Å²) in [7, 11) is 0. The number of para-hydroxylation sites is 1. The average Bonchev–Trinajstić information content (AvgIpc) is 3.60. The zero-order valence-electron chi connectivity index (χ0n) is 26.6. The van der Waals surface area contributed by atoms with E-state index in [-0.39, 0.29) is 41.6 Å². The van der Waals surface area contributed by atoms with Crippen LogP contribution in [0.15, 0.2) is 73.8 Å². The summed E-state index contributed by atoms with van der Waals surface area (Å²) in [6, 6.07) is 13.9. The monoisotopic (exact) mass is 677 g/mol. The van der Waals surface area contributed by atoms with Gasteiger partial charge in [-0.2, -0.15) is 0 Å². The first-order valence-corrected chi connectivity index (χ1v) is 16.6. The minimum absolute atomic E-state index is 0.154. The molecule has 3 aliphatic rings. The van der Waals surface area contributed by atoms with Crippen LogP contribution in [0.1, 0.15) is 37.0 Å². The molecule has 0 aromatic heterocycles. The van der Waals surface area contributed by atoms with E-state index in [1.807, 2.05) is 76.2 Å². The predicted molar refractivity (Wildman–Crippen MR) is 179 cm³/mol. The highest BCUT2D eigenvalue weighted by molar-refractivity contribution is 9.09. The Hall–Kier alpha value is -3.27. The number of alkyl halides is 1. The molecule has 0 saturated carbocycles. The Kier molecular flexibility index (Phi) is 9.73. The molecule has 3 unspecified atom stereocenters. The van der Waals surface area contributed by atoms with E-state index in [2.05, 4.69) is 29.1 Å². The summed E-state index contributed by atoms with van der Waals surface area (Å²) >= 11 is 3.79. The number of fused-ring (bicyclic) bond motifs is 1. The first kappa shape index (κ1) is 33.1. The smallest absolute Gasteiger partial charge is 0.253 e. The lowest BCUT2D eigenvalue weighted by atomic mass is 9.70. The zero-order chi connectivity index (χ0) is 32.6. The van der Waals surface area contributed by atoms with Gasteiger partial charge in [0.15, 0.2) is 0 Å². The summed E-state index contributed by atoms with van der Waals surface area (Å²) in [5, 5.41) is 10.6. The molecule has 1 N–H and O–H groups in total. The summed E-state index contributed by atoms with van der Waals surface area (Å²) in [5.74, 6) is -2.66. The molecule has 240 valence electrons. The number of likely N-dealkylation sites (tertiary alicyclic amines) is 1. The van der Waals surface area contributed by atoms with Gasteiger partial charge < -0.3 is 24.5 Å². The third-order valence-corrected chi connectivity index (χ3v) is 10.6. The lowest BCUT2D eigenvalue weighted by Crippen LogP contribution is -2.60. The van der Waals surface area contributed by atoms with Crippen LogP contribution >= 0.6 is 15.9 Å². The highest BCUT2D eigenvalue weighted by Crippen LogP contribution is 2.61. The van der Waals surface area contributed by atoms with Crippen molar-refractivity contribution < 1.29 is 24.2 Å². The van der Waals surface area contributed by atoms with Crippen molar-refractivity contribution in [1.29, 1.82) is 0 Å². The second-order valence-corrected chi connectivity index (χ2v) is 14.1. The topological polar surface area (TPSA) is 90.4 Å². The molecule has 2 bridgehead atoms. The first-order chi connectivity index (χ1) is 21.5. The van der Waals surface area contributed by atoms with Gasteiger partial charge in [0.2, 0.25) is 11.8 Å². The van der Waals surface area contributed by atoms with Gasteiger partial charge in [-0.05, 0) is 42.9 Å². The van der Waals surface area contributed by atoms with Gasteiger partial charge in [0.25, 0.3) is 5.91 Å². The Morgan fingerprint density at radius 3 is 2.29 bits per heavy atom. The number of hydrogen-bond donors (Lipinski definition) is 1. The fraction of sp³-hybridized carbons (Fsp3) is 0.472. The molecule has 7 atom stereocenters. The lowest BCUT2D eigenvalue weighted by Gasteiger charge is -2.41. The molecule has 5 rings (SSSR count). The molecule has 3 aliphatic heterocycles. The number of carbonyl (C=O) groups is 3. The molecule has 45 heavy (non-hydrogen) atoms. The average molecular weight is 679 g/mol. The van der Waals surface area contributed by atoms with E-state index in [0.717, 1.165) is 22.4 Å². The second-order valence-electron chi connectivity index (χ2n) is 12.9. The van der Waals surface area contributed by atoms with Crippen molar-refractivity contribution in [3.8, 4) is 0 Å². The first-order valence-electron chi connectivity index (χ1n) is 15.7.